The van der Waals surface area contributed by atoms with Crippen molar-refractivity contribution in [3.8, 4) is 11.6 Å². The summed E-state index contributed by atoms with van der Waals surface area (Å²) < 4.78 is 5.59. The van der Waals surface area contributed by atoms with Gasteiger partial charge in [-0.3, -0.25) is 0 Å². The van der Waals surface area contributed by atoms with E-state index in [1.807, 2.05) is 18.2 Å². The van der Waals surface area contributed by atoms with Crippen molar-refractivity contribution in [3.05, 3.63) is 36.5 Å². The smallest absolute Gasteiger partial charge is 1.00 e. The van der Waals surface area contributed by atoms with Gasteiger partial charge in [0.2, 0.25) is 0 Å². The Bertz CT molecular complexity index is 380. The van der Waals surface area contributed by atoms with Crippen molar-refractivity contribution in [3.63, 3.8) is 0 Å². The Morgan fingerprint density at radius 1 is 1.29 bits per heavy atom. The number of hydrogen-bond donors (Lipinski definition) is 0. The van der Waals surface area contributed by atoms with Crippen LogP contribution in [0.1, 0.15) is 0 Å². The average molecular weight is 265 g/mol. The Morgan fingerprint density at radius 3 is 2.43 bits per heavy atom. The molecule has 1 aromatic heterocycles. The number of nitrogens with zero attached hydrogens (tertiary/aromatic N) is 2. The maximum Gasteiger partial charge on any atom is 2.00 e. The third-order valence-electron chi connectivity index (χ3n) is 1.40. The molecule has 0 aliphatic carbocycles. The molecule has 0 bridgehead atoms. The number of rotatable bonds is 1. The molecule has 0 radical (unpaired) electrons. The fourth-order valence-electron chi connectivity index (χ4n) is 0.886. The summed E-state index contributed by atoms with van der Waals surface area (Å²) in [6, 6.07) is 9.17. The largest absolute Gasteiger partial charge is 2.00 e. The van der Waals surface area contributed by atoms with Crippen molar-refractivity contribution >= 4 is 23.1 Å². The second-order valence-corrected chi connectivity index (χ2v) is 2.22. The number of aromatic nitrogens is 2. The Morgan fingerprint density at radius 2 is 1.93 bits per heavy atom. The van der Waals surface area contributed by atoms with E-state index in [1.54, 1.807) is 12.1 Å². The standard InChI is InChI=1S/C8H6N2O2.BrH.Mg/c11-8-6-10(9-12-8)7-4-2-1-3-5-7;;/h1-5,11H;1H;/q;;+2/p-2. The molecule has 6 heteroatoms. The second-order valence-electron chi connectivity index (χ2n) is 2.22. The molecule has 0 amide bonds. The molecule has 0 atom stereocenters. The summed E-state index contributed by atoms with van der Waals surface area (Å²) in [5.41, 5.74) is 0.753. The third kappa shape index (κ3) is 2.97. The van der Waals surface area contributed by atoms with E-state index in [0.29, 0.717) is 0 Å². The SMILES string of the molecule is [Br-].[Mg+2].[O-]c1[c-][n+](-c2ccccc2)no1. The van der Waals surface area contributed by atoms with Crippen molar-refractivity contribution in [2.24, 2.45) is 0 Å². The van der Waals surface area contributed by atoms with Gasteiger partial charge in [-0.25, -0.2) is 0 Å². The minimum Gasteiger partial charge on any atom is -1.00 e. The van der Waals surface area contributed by atoms with Crippen molar-refractivity contribution in [2.75, 3.05) is 0 Å². The maximum atomic E-state index is 10.6. The van der Waals surface area contributed by atoms with Crippen LogP contribution in [0.25, 0.3) is 5.69 Å². The zero-order chi connectivity index (χ0) is 8.39. The molecule has 0 saturated carbocycles. The van der Waals surface area contributed by atoms with Crippen LogP contribution < -0.4 is 26.8 Å². The first-order valence-electron chi connectivity index (χ1n) is 3.40. The summed E-state index contributed by atoms with van der Waals surface area (Å²) in [6.07, 6.45) is 2.38. The number of para-hydroxylation sites is 1. The number of hydrogen-bond acceptors (Lipinski definition) is 3. The minimum atomic E-state index is -0.571. The summed E-state index contributed by atoms with van der Waals surface area (Å²) in [4.78, 5) is 0. The van der Waals surface area contributed by atoms with Crippen LogP contribution in [0.5, 0.6) is 5.95 Å². The molecule has 0 spiro atoms. The maximum absolute atomic E-state index is 10.6. The molecule has 0 aliphatic heterocycles. The first-order valence-corrected chi connectivity index (χ1v) is 3.40. The van der Waals surface area contributed by atoms with E-state index in [9.17, 15) is 5.11 Å². The van der Waals surface area contributed by atoms with Crippen LogP contribution in [0.15, 0.2) is 34.9 Å². The van der Waals surface area contributed by atoms with Gasteiger partial charge in [-0.15, -0.1) is 0 Å². The zero-order valence-electron chi connectivity index (χ0n) is 7.18. The molecule has 1 aromatic carbocycles. The molecule has 0 unspecified atom stereocenters. The minimum absolute atomic E-state index is 0. The Labute approximate surface area is 107 Å². The van der Waals surface area contributed by atoms with Crippen LogP contribution in [0.4, 0.5) is 0 Å². The molecule has 4 nitrogen and oxygen atoms in total. The molecule has 14 heavy (non-hydrogen) atoms. The van der Waals surface area contributed by atoms with Crippen LogP contribution >= 0.6 is 0 Å². The summed E-state index contributed by atoms with van der Waals surface area (Å²) in [7, 11) is 0. The fourth-order valence-corrected chi connectivity index (χ4v) is 0.886. The molecule has 68 valence electrons. The van der Waals surface area contributed by atoms with Gasteiger partial charge >= 0.3 is 23.1 Å². The van der Waals surface area contributed by atoms with Crippen LogP contribution in [-0.2, 0) is 0 Å². The fraction of sp³-hybridized carbons (Fsp3) is 0. The van der Waals surface area contributed by atoms with Gasteiger partial charge in [0.25, 0.3) is 0 Å². The normalized spacial score (nSPS) is 8.57. The average Bonchev–Trinajstić information content (AvgIpc) is 2.54. The monoisotopic (exact) mass is 264 g/mol. The van der Waals surface area contributed by atoms with Gasteiger partial charge in [-0.05, 0) is 0 Å². The van der Waals surface area contributed by atoms with Gasteiger partial charge in [0.05, 0.1) is 11.6 Å². The topological polar surface area (TPSA) is 53.0 Å². The van der Waals surface area contributed by atoms with Crippen LogP contribution in [0.2, 0.25) is 0 Å². The van der Waals surface area contributed by atoms with Gasteiger partial charge in [-0.1, -0.05) is 30.3 Å². The van der Waals surface area contributed by atoms with Gasteiger partial charge in [-0.2, -0.15) is 4.68 Å². The zero-order valence-corrected chi connectivity index (χ0v) is 10.2. The number of benzene rings is 1. The van der Waals surface area contributed by atoms with Crippen molar-refractivity contribution in [2.45, 2.75) is 0 Å². The van der Waals surface area contributed by atoms with E-state index in [4.69, 9.17) is 0 Å². The molecule has 1 heterocycles. The van der Waals surface area contributed by atoms with E-state index in [0.717, 1.165) is 5.69 Å². The third-order valence-corrected chi connectivity index (χ3v) is 1.40. The second kappa shape index (κ2) is 6.00. The number of halogens is 1. The van der Waals surface area contributed by atoms with Crippen molar-refractivity contribution in [1.29, 1.82) is 0 Å². The molecule has 0 fully saturated rings. The van der Waals surface area contributed by atoms with E-state index in [-0.39, 0.29) is 40.0 Å². The first-order chi connectivity index (χ1) is 5.86. The van der Waals surface area contributed by atoms with Crippen molar-refractivity contribution < 1.29 is 31.3 Å². The predicted molar refractivity (Wildman–Crippen MR) is 42.1 cm³/mol. The Balaban J connectivity index is 0.000000845. The van der Waals surface area contributed by atoms with Crippen LogP contribution in [0.3, 0.4) is 0 Å². The van der Waals surface area contributed by atoms with Gasteiger partial charge < -0.3 is 26.6 Å². The summed E-state index contributed by atoms with van der Waals surface area (Å²) >= 11 is 0. The Kier molecular flexibility index (Phi) is 5.74. The summed E-state index contributed by atoms with van der Waals surface area (Å²) in [5.74, 6) is -0.571. The van der Waals surface area contributed by atoms with Crippen LogP contribution in [-0.4, -0.2) is 28.3 Å². The molecule has 2 aromatic rings. The quantitative estimate of drug-likeness (QED) is 0.305. The van der Waals surface area contributed by atoms with Gasteiger partial charge in [0.15, 0.2) is 0 Å². The van der Waals surface area contributed by atoms with Gasteiger partial charge in [0.1, 0.15) is 6.20 Å². The molecule has 0 saturated heterocycles. The van der Waals surface area contributed by atoms with Gasteiger partial charge in [0, 0.05) is 5.27 Å². The van der Waals surface area contributed by atoms with E-state index < -0.39 is 5.95 Å². The molecular formula is C8H5BrMgN2O2. The van der Waals surface area contributed by atoms with E-state index in [1.165, 1.54) is 4.68 Å². The molecular weight excluding hydrogens is 260 g/mol. The molecule has 0 aliphatic rings. The summed E-state index contributed by atoms with van der Waals surface area (Å²) in [5, 5.41) is 14.0. The predicted octanol–water partition coefficient (Wildman–Crippen LogP) is -3.55. The van der Waals surface area contributed by atoms with Crippen molar-refractivity contribution in [1.82, 2.24) is 5.27 Å². The van der Waals surface area contributed by atoms with Crippen LogP contribution in [0, 0.1) is 6.20 Å². The molecule has 0 N–H and O–H groups in total. The van der Waals surface area contributed by atoms with E-state index in [2.05, 4.69) is 16.0 Å². The summed E-state index contributed by atoms with van der Waals surface area (Å²) in [6.45, 7) is 0. The Hall–Kier alpha value is -0.594. The molecule has 2 rings (SSSR count). The first kappa shape index (κ1) is 13.4. The van der Waals surface area contributed by atoms with E-state index >= 15 is 0 Å².